The molecule has 2 saturated carbocycles. The zero-order valence-electron chi connectivity index (χ0n) is 39.2. The second-order valence-electron chi connectivity index (χ2n) is 20.2. The van der Waals surface area contributed by atoms with Crippen molar-refractivity contribution in [1.29, 1.82) is 0 Å². The molecule has 0 radical (unpaired) electrons. The van der Waals surface area contributed by atoms with Gasteiger partial charge < -0.3 is 20.4 Å². The summed E-state index contributed by atoms with van der Waals surface area (Å²) in [6.07, 6.45) is 10.0. The van der Waals surface area contributed by atoms with Gasteiger partial charge in [-0.25, -0.2) is 29.3 Å². The van der Waals surface area contributed by atoms with Gasteiger partial charge in [0.15, 0.2) is 0 Å². The molecule has 2 unspecified atom stereocenters. The predicted octanol–water partition coefficient (Wildman–Crippen LogP) is 9.71. The van der Waals surface area contributed by atoms with E-state index in [4.69, 9.17) is 31.8 Å². The van der Waals surface area contributed by atoms with Crippen LogP contribution in [0.25, 0.3) is 0 Å². The third-order valence-corrected chi connectivity index (χ3v) is 15.9. The number of rotatable bonds is 8. The van der Waals surface area contributed by atoms with Gasteiger partial charge in [0, 0.05) is 91.7 Å². The fraction of sp³-hybridized carbons (Fsp3) is 0.529. The Kier molecular flexibility index (Phi) is 12.7. The van der Waals surface area contributed by atoms with Crippen molar-refractivity contribution in [2.24, 2.45) is 23.7 Å². The molecule has 8 heterocycles. The van der Waals surface area contributed by atoms with Crippen molar-refractivity contribution in [2.75, 3.05) is 46.6 Å². The maximum Gasteiger partial charge on any atom is 0.416 e. The van der Waals surface area contributed by atoms with Crippen molar-refractivity contribution in [3.63, 3.8) is 0 Å². The van der Waals surface area contributed by atoms with E-state index >= 15 is 0 Å². The standard InChI is InChI=1S/C26H30F3N7.C25H30ClN7/c1-16-12-22(31-15-30-16)35-13-18-5-6-19(14-35)23(18)32-25-33-24-21(4-2-3-11-36(24)34-25)17-7-9-20(10-8-17)26(27,28)29;1-16-12-22(28-15-27-16)32-13-18-5-6-19(14-32)23(18)29-25-30-24-21(4-2-3-11-33(24)31-25)17-7-9-20(26)10-8-17/h7-10,12,15,18-19,21,23H,2-6,11,13-14H2,1H3,(H,32,34);7-10,12,15,18-19,21,23H,2-6,11,13-14H2,1H3,(H,29,31)/t2*18-,19+,21-,23?/m11/s1. The Morgan fingerprint density at radius 2 is 0.971 bits per heavy atom. The van der Waals surface area contributed by atoms with Gasteiger partial charge in [0.1, 0.15) is 35.9 Å². The summed E-state index contributed by atoms with van der Waals surface area (Å²) < 4.78 is 43.3. The summed E-state index contributed by atoms with van der Waals surface area (Å²) >= 11 is 6.13. The molecule has 2 aromatic carbocycles. The van der Waals surface area contributed by atoms with Crippen LogP contribution in [0.5, 0.6) is 0 Å². The molecule has 362 valence electrons. The van der Waals surface area contributed by atoms with Gasteiger partial charge in [0.25, 0.3) is 0 Å². The van der Waals surface area contributed by atoms with Crippen LogP contribution in [0.1, 0.15) is 116 Å². The Morgan fingerprint density at radius 1 is 0.551 bits per heavy atom. The van der Waals surface area contributed by atoms with Crippen molar-refractivity contribution in [2.45, 2.75) is 121 Å². The highest BCUT2D eigenvalue weighted by Gasteiger charge is 2.45. The lowest BCUT2D eigenvalue weighted by atomic mass is 9.92. The summed E-state index contributed by atoms with van der Waals surface area (Å²) in [5.41, 5.74) is 3.50. The number of hydrogen-bond donors (Lipinski definition) is 2. The van der Waals surface area contributed by atoms with Gasteiger partial charge in [0.2, 0.25) is 11.9 Å². The largest absolute Gasteiger partial charge is 0.416 e. The summed E-state index contributed by atoms with van der Waals surface area (Å²) in [4.78, 5) is 32.2. The lowest BCUT2D eigenvalue weighted by molar-refractivity contribution is -0.137. The van der Waals surface area contributed by atoms with E-state index in [1.54, 1.807) is 24.8 Å². The highest BCUT2D eigenvalue weighted by molar-refractivity contribution is 6.30. The molecule has 0 amide bonds. The number of anilines is 4. The molecule has 12 rings (SSSR count). The van der Waals surface area contributed by atoms with E-state index in [0.717, 1.165) is 135 Å². The smallest absolute Gasteiger partial charge is 0.356 e. The highest BCUT2D eigenvalue weighted by Crippen LogP contribution is 2.43. The average Bonchev–Trinajstić information content (AvgIpc) is 3.95. The van der Waals surface area contributed by atoms with Crippen LogP contribution in [0.2, 0.25) is 5.02 Å². The van der Waals surface area contributed by atoms with Crippen molar-refractivity contribution < 1.29 is 13.2 Å². The molecule has 8 atom stereocenters. The molecule has 2 N–H and O–H groups in total. The molecule has 4 aromatic heterocycles. The quantitative estimate of drug-likeness (QED) is 0.150. The van der Waals surface area contributed by atoms with Crippen LogP contribution in [-0.2, 0) is 19.3 Å². The highest BCUT2D eigenvalue weighted by atomic mass is 35.5. The lowest BCUT2D eigenvalue weighted by Gasteiger charge is -2.38. The van der Waals surface area contributed by atoms with Gasteiger partial charge in [-0.2, -0.15) is 23.1 Å². The first-order valence-electron chi connectivity index (χ1n) is 24.9. The van der Waals surface area contributed by atoms with E-state index < -0.39 is 11.7 Å². The first kappa shape index (κ1) is 45.6. The molecule has 6 aromatic rings. The molecule has 6 aliphatic rings. The number of piperidine rings is 2. The fourth-order valence-electron chi connectivity index (χ4n) is 12.2. The van der Waals surface area contributed by atoms with E-state index in [1.165, 1.54) is 37.0 Å². The summed E-state index contributed by atoms with van der Waals surface area (Å²) in [6.45, 7) is 9.64. The van der Waals surface area contributed by atoms with Gasteiger partial charge in [0.05, 0.1) is 5.56 Å². The Balaban J connectivity index is 0.000000151. The molecular weight excluding hydrogens is 901 g/mol. The predicted molar refractivity (Wildman–Crippen MR) is 260 cm³/mol. The molecule has 2 aliphatic carbocycles. The van der Waals surface area contributed by atoms with Crippen molar-refractivity contribution >= 4 is 35.1 Å². The number of nitrogens with one attached hydrogen (secondary N) is 2. The van der Waals surface area contributed by atoms with Gasteiger partial charge in [-0.15, -0.1) is 10.2 Å². The van der Waals surface area contributed by atoms with Gasteiger partial charge in [-0.1, -0.05) is 48.7 Å². The summed E-state index contributed by atoms with van der Waals surface area (Å²) in [6, 6.07) is 18.6. The second kappa shape index (κ2) is 19.2. The zero-order valence-corrected chi connectivity index (χ0v) is 40.0. The Bertz CT molecular complexity index is 2700. The summed E-state index contributed by atoms with van der Waals surface area (Å²) in [7, 11) is 0. The minimum Gasteiger partial charge on any atom is -0.356 e. The topological polar surface area (TPSA) is 144 Å². The number of hydrogen-bond acceptors (Lipinski definition) is 12. The van der Waals surface area contributed by atoms with Gasteiger partial charge >= 0.3 is 6.18 Å². The monoisotopic (exact) mass is 960 g/mol. The summed E-state index contributed by atoms with van der Waals surface area (Å²) in [5.74, 6) is 7.72. The average molecular weight is 962 g/mol. The first-order chi connectivity index (χ1) is 33.5. The molecule has 2 saturated heterocycles. The number of aromatic nitrogens is 10. The fourth-order valence-corrected chi connectivity index (χ4v) is 12.3. The number of alkyl halides is 3. The van der Waals surface area contributed by atoms with E-state index in [9.17, 15) is 13.2 Å². The van der Waals surface area contributed by atoms with E-state index in [-0.39, 0.29) is 11.8 Å². The van der Waals surface area contributed by atoms with E-state index in [1.807, 2.05) is 36.7 Å². The van der Waals surface area contributed by atoms with Crippen molar-refractivity contribution in [3.8, 4) is 0 Å². The van der Waals surface area contributed by atoms with Crippen LogP contribution in [0, 0.1) is 37.5 Å². The third kappa shape index (κ3) is 9.72. The van der Waals surface area contributed by atoms with Crippen molar-refractivity contribution in [3.05, 3.63) is 118 Å². The van der Waals surface area contributed by atoms with E-state index in [0.29, 0.717) is 41.7 Å². The Labute approximate surface area is 405 Å². The van der Waals surface area contributed by atoms with Crippen LogP contribution >= 0.6 is 11.6 Å². The maximum atomic E-state index is 13.1. The third-order valence-electron chi connectivity index (χ3n) is 15.6. The minimum atomic E-state index is -4.33. The molecule has 14 nitrogen and oxygen atoms in total. The molecule has 4 fully saturated rings. The number of fused-ring (bicyclic) bond motifs is 6. The Hall–Kier alpha value is -5.84. The lowest BCUT2D eigenvalue weighted by Crippen LogP contribution is -2.48. The van der Waals surface area contributed by atoms with Crippen LogP contribution in [0.4, 0.5) is 36.7 Å². The van der Waals surface area contributed by atoms with Crippen LogP contribution in [-0.4, -0.2) is 87.7 Å². The maximum absolute atomic E-state index is 13.1. The van der Waals surface area contributed by atoms with Crippen LogP contribution in [0.15, 0.2) is 73.3 Å². The van der Waals surface area contributed by atoms with Crippen LogP contribution in [0.3, 0.4) is 0 Å². The molecule has 4 aliphatic heterocycles. The number of halogens is 4. The Morgan fingerprint density at radius 3 is 1.38 bits per heavy atom. The number of aryl methyl sites for hydroxylation is 4. The van der Waals surface area contributed by atoms with Crippen molar-refractivity contribution in [1.82, 2.24) is 49.5 Å². The minimum absolute atomic E-state index is 0.0580. The molecule has 0 spiro atoms. The van der Waals surface area contributed by atoms with Gasteiger partial charge in [-0.05, 0) is 124 Å². The number of nitrogens with zero attached hydrogens (tertiary/aromatic N) is 12. The second-order valence-corrected chi connectivity index (χ2v) is 20.6. The zero-order chi connectivity index (χ0) is 47.2. The van der Waals surface area contributed by atoms with Crippen LogP contribution < -0.4 is 20.4 Å². The number of benzene rings is 2. The molecular formula is C51H60ClF3N14. The molecule has 4 bridgehead atoms. The first-order valence-corrected chi connectivity index (χ1v) is 25.3. The molecule has 69 heavy (non-hydrogen) atoms. The summed E-state index contributed by atoms with van der Waals surface area (Å²) in [5, 5.41) is 17.9. The van der Waals surface area contributed by atoms with E-state index in [2.05, 4.69) is 63.3 Å². The normalized spacial score (nSPS) is 26.3. The van der Waals surface area contributed by atoms with Gasteiger partial charge in [-0.3, -0.25) is 0 Å². The molecule has 18 heteroatoms. The SMILES string of the molecule is Cc1cc(N2C[C@H]3CC[C@@H](C2)C3Nc2nc3n(n2)CCCC[C@@H]3c2ccc(C(F)(F)F)cc2)ncn1.Cc1cc(N2C[C@H]3CC[C@@H](C2)C3Nc2nc3n(n2)CCCC[C@@H]3c2ccc(Cl)cc2)ncn1.